The van der Waals surface area contributed by atoms with Crippen LogP contribution >= 0.6 is 0 Å². The maximum Gasteiger partial charge on any atom is 0.410 e. The third-order valence-corrected chi connectivity index (χ3v) is 6.90. The molecule has 0 unspecified atom stereocenters. The number of fused-ring (bicyclic) bond motifs is 1. The van der Waals surface area contributed by atoms with Gasteiger partial charge in [-0.1, -0.05) is 13.8 Å². The van der Waals surface area contributed by atoms with Gasteiger partial charge in [0.25, 0.3) is 0 Å². The van der Waals surface area contributed by atoms with Crippen molar-refractivity contribution >= 4 is 18.0 Å². The number of hydrogen-bond donors (Lipinski definition) is 1. The van der Waals surface area contributed by atoms with Gasteiger partial charge in [0.1, 0.15) is 5.60 Å². The Hall–Kier alpha value is -2.61. The highest BCUT2D eigenvalue weighted by Gasteiger charge is 2.35. The fourth-order valence-electron chi connectivity index (χ4n) is 4.97. The molecule has 3 rings (SSSR count). The zero-order valence-corrected chi connectivity index (χ0v) is 27.1. The molecule has 40 heavy (non-hydrogen) atoms. The molecule has 2 aliphatic heterocycles. The molecule has 0 bridgehead atoms. The minimum atomic E-state index is -0.514. The van der Waals surface area contributed by atoms with E-state index in [9.17, 15) is 14.4 Å². The van der Waals surface area contributed by atoms with Crippen molar-refractivity contribution in [3.05, 3.63) is 33.4 Å². The Morgan fingerprint density at radius 3 is 1.93 bits per heavy atom. The molecule has 2 heterocycles. The number of hydrogen-bond acceptors (Lipinski definition) is 6. The lowest BCUT2D eigenvalue weighted by Gasteiger charge is -2.41. The van der Waals surface area contributed by atoms with Crippen molar-refractivity contribution in [2.24, 2.45) is 0 Å². The summed E-state index contributed by atoms with van der Waals surface area (Å²) in [5.74, 6) is -0.116. The number of nitrogens with zero attached hydrogens (tertiary/aromatic N) is 2. The number of ether oxygens (including phenoxy) is 2. The van der Waals surface area contributed by atoms with E-state index in [1.165, 1.54) is 5.56 Å². The van der Waals surface area contributed by atoms with Crippen LogP contribution in [0.15, 0.2) is 0 Å². The van der Waals surface area contributed by atoms with Crippen molar-refractivity contribution in [2.45, 2.75) is 133 Å². The average molecular weight is 563 g/mol. The summed E-state index contributed by atoms with van der Waals surface area (Å²) in [6, 6.07) is 0.114. The van der Waals surface area contributed by atoms with Crippen LogP contribution in [0.4, 0.5) is 4.79 Å². The van der Waals surface area contributed by atoms with E-state index < -0.39 is 11.2 Å². The standard InChI is InChI=1S/C26H38N2O5.C4H10O.C2H6/c1-8-32-24(30)14-20-16(2)17(3)22-15-28(23(29)13-21(22)18(20)4)19-9-11-27(12-10-19)25(31)33-26(5,6)7;1-4(2,3)5;1-2/h19H,8-15H2,1-7H3;5H,1-3H3;1-2H3. The van der Waals surface area contributed by atoms with E-state index in [2.05, 4.69) is 13.8 Å². The van der Waals surface area contributed by atoms with E-state index in [-0.39, 0.29) is 30.4 Å². The Morgan fingerprint density at radius 1 is 0.925 bits per heavy atom. The maximum absolute atomic E-state index is 13.2. The third-order valence-electron chi connectivity index (χ3n) is 6.90. The van der Waals surface area contributed by atoms with Crippen molar-refractivity contribution in [3.8, 4) is 0 Å². The van der Waals surface area contributed by atoms with Crippen LogP contribution in [-0.2, 0) is 38.4 Å². The van der Waals surface area contributed by atoms with Crippen molar-refractivity contribution in [3.63, 3.8) is 0 Å². The van der Waals surface area contributed by atoms with Crippen LogP contribution in [0.5, 0.6) is 0 Å². The first kappa shape index (κ1) is 35.4. The number of carbonyl (C=O) groups is 3. The van der Waals surface area contributed by atoms with Gasteiger partial charge in [-0.3, -0.25) is 9.59 Å². The Labute approximate surface area is 242 Å². The maximum atomic E-state index is 13.2. The van der Waals surface area contributed by atoms with Crippen LogP contribution in [0.1, 0.15) is 109 Å². The smallest absolute Gasteiger partial charge is 0.410 e. The predicted molar refractivity (Wildman–Crippen MR) is 159 cm³/mol. The lowest BCUT2D eigenvalue weighted by molar-refractivity contribution is -0.142. The topological polar surface area (TPSA) is 96.4 Å². The third kappa shape index (κ3) is 10.4. The molecule has 1 fully saturated rings. The van der Waals surface area contributed by atoms with Gasteiger partial charge in [-0.25, -0.2) is 4.79 Å². The lowest BCUT2D eigenvalue weighted by atomic mass is 9.83. The normalized spacial score (nSPS) is 15.8. The van der Waals surface area contributed by atoms with Crippen LogP contribution in [0, 0.1) is 20.8 Å². The monoisotopic (exact) mass is 562 g/mol. The molecule has 0 aromatic heterocycles. The summed E-state index contributed by atoms with van der Waals surface area (Å²) in [5.41, 5.74) is 5.52. The molecule has 8 heteroatoms. The number of esters is 1. The van der Waals surface area contributed by atoms with E-state index in [0.717, 1.165) is 40.7 Å². The van der Waals surface area contributed by atoms with Gasteiger partial charge in [0.2, 0.25) is 5.91 Å². The minimum Gasteiger partial charge on any atom is -0.466 e. The lowest BCUT2D eigenvalue weighted by Crippen LogP contribution is -2.51. The summed E-state index contributed by atoms with van der Waals surface area (Å²) >= 11 is 0. The van der Waals surface area contributed by atoms with Crippen LogP contribution in [0.3, 0.4) is 0 Å². The molecule has 1 N–H and O–H groups in total. The highest BCUT2D eigenvalue weighted by Crippen LogP contribution is 2.34. The van der Waals surface area contributed by atoms with Gasteiger partial charge >= 0.3 is 12.1 Å². The fraction of sp³-hybridized carbons (Fsp3) is 0.719. The molecule has 0 radical (unpaired) electrons. The van der Waals surface area contributed by atoms with Crippen LogP contribution in [0.25, 0.3) is 0 Å². The summed E-state index contributed by atoms with van der Waals surface area (Å²) in [7, 11) is 0. The zero-order valence-electron chi connectivity index (χ0n) is 27.1. The van der Waals surface area contributed by atoms with E-state index in [1.54, 1.807) is 32.6 Å². The SMILES string of the molecule is CC.CC(C)(C)O.CCOC(=O)Cc1c(C)c(C)c2c(c1C)CC(=O)N(C1CCN(C(=O)OC(C)(C)C)CC1)C2. The molecule has 1 aromatic carbocycles. The molecule has 1 saturated heterocycles. The fourth-order valence-corrected chi connectivity index (χ4v) is 4.97. The van der Waals surface area contributed by atoms with E-state index in [4.69, 9.17) is 14.6 Å². The number of piperidine rings is 1. The number of likely N-dealkylation sites (tertiary alicyclic amines) is 1. The molecular weight excluding hydrogens is 508 g/mol. The van der Waals surface area contributed by atoms with Gasteiger partial charge in [-0.05, 0) is 115 Å². The van der Waals surface area contributed by atoms with Crippen molar-refractivity contribution < 1.29 is 29.0 Å². The highest BCUT2D eigenvalue weighted by molar-refractivity contribution is 5.83. The average Bonchev–Trinajstić information content (AvgIpc) is 2.84. The Balaban J connectivity index is 0.00000103. The van der Waals surface area contributed by atoms with Gasteiger partial charge in [0.05, 0.1) is 25.0 Å². The first-order valence-electron chi connectivity index (χ1n) is 14.7. The molecule has 228 valence electrons. The number of aliphatic hydroxyl groups is 1. The summed E-state index contributed by atoms with van der Waals surface area (Å²) in [6.07, 6.45) is 1.80. The number of amides is 2. The number of benzene rings is 1. The summed E-state index contributed by atoms with van der Waals surface area (Å²) < 4.78 is 10.7. The predicted octanol–water partition coefficient (Wildman–Crippen LogP) is 5.81. The molecule has 2 amide bonds. The first-order valence-corrected chi connectivity index (χ1v) is 14.7. The first-order chi connectivity index (χ1) is 18.4. The number of rotatable bonds is 4. The second-order valence-electron chi connectivity index (χ2n) is 12.4. The van der Waals surface area contributed by atoms with Gasteiger partial charge in [-0.15, -0.1) is 0 Å². The second kappa shape index (κ2) is 14.9. The summed E-state index contributed by atoms with van der Waals surface area (Å²) in [6.45, 7) is 24.9. The zero-order chi connectivity index (χ0) is 31.0. The quantitative estimate of drug-likeness (QED) is 0.466. The molecule has 0 atom stereocenters. The van der Waals surface area contributed by atoms with Gasteiger partial charge in [0, 0.05) is 25.7 Å². The number of carbonyl (C=O) groups excluding carboxylic acids is 3. The largest absolute Gasteiger partial charge is 0.466 e. The van der Waals surface area contributed by atoms with Crippen LogP contribution in [-0.4, -0.2) is 69.8 Å². The van der Waals surface area contributed by atoms with Crippen molar-refractivity contribution in [1.29, 1.82) is 0 Å². The van der Waals surface area contributed by atoms with Crippen LogP contribution < -0.4 is 0 Å². The molecule has 8 nitrogen and oxygen atoms in total. The Morgan fingerprint density at radius 2 is 1.45 bits per heavy atom. The van der Waals surface area contributed by atoms with E-state index >= 15 is 0 Å². The van der Waals surface area contributed by atoms with Gasteiger partial charge in [0.15, 0.2) is 0 Å². The minimum absolute atomic E-state index is 0.114. The highest BCUT2D eigenvalue weighted by atomic mass is 16.6. The van der Waals surface area contributed by atoms with Crippen molar-refractivity contribution in [1.82, 2.24) is 9.80 Å². The molecule has 0 aliphatic carbocycles. The van der Waals surface area contributed by atoms with E-state index in [0.29, 0.717) is 32.7 Å². The Kier molecular flexibility index (Phi) is 13.2. The van der Waals surface area contributed by atoms with Crippen LogP contribution in [0.2, 0.25) is 0 Å². The molecule has 0 saturated carbocycles. The molecule has 2 aliphatic rings. The van der Waals surface area contributed by atoms with Crippen molar-refractivity contribution in [2.75, 3.05) is 19.7 Å². The summed E-state index contributed by atoms with van der Waals surface area (Å²) in [4.78, 5) is 41.4. The second-order valence-corrected chi connectivity index (χ2v) is 12.4. The molecule has 1 aromatic rings. The molecule has 0 spiro atoms. The van der Waals surface area contributed by atoms with Gasteiger partial charge in [-0.2, -0.15) is 0 Å². The molecular formula is C32H54N2O6. The van der Waals surface area contributed by atoms with E-state index in [1.807, 2.05) is 46.4 Å². The van der Waals surface area contributed by atoms with Gasteiger partial charge < -0.3 is 24.4 Å². The summed E-state index contributed by atoms with van der Waals surface area (Å²) in [5, 5.41) is 8.52. The Bertz CT molecular complexity index is 1020.